The third kappa shape index (κ3) is 4.07. The molecule has 0 aliphatic heterocycles. The number of Topliss-reactive ketones (excluding diaryl/α,β-unsaturated/α-hetero) is 1. The molecule has 6 heteroatoms. The minimum Gasteiger partial charge on any atom is -0.469 e. The normalized spacial score (nSPS) is 12.4. The average Bonchev–Trinajstić information content (AvgIpc) is 2.50. The molecule has 0 bridgehead atoms. The molecule has 0 radical (unpaired) electrons. The summed E-state index contributed by atoms with van der Waals surface area (Å²) < 4.78 is 9.23. The van der Waals surface area contributed by atoms with Crippen molar-refractivity contribution < 1.29 is 23.9 Å². The molecule has 0 saturated heterocycles. The highest BCUT2D eigenvalue weighted by Crippen LogP contribution is 2.37. The van der Waals surface area contributed by atoms with Gasteiger partial charge in [-0.05, 0) is 26.0 Å². The first-order chi connectivity index (χ1) is 9.84. The van der Waals surface area contributed by atoms with Gasteiger partial charge in [-0.1, -0.05) is 18.2 Å². The predicted octanol–water partition coefficient (Wildman–Crippen LogP) is 2.09. The van der Waals surface area contributed by atoms with Crippen LogP contribution in [-0.2, 0) is 23.9 Å². The molecule has 1 atom stereocenters. The zero-order valence-electron chi connectivity index (χ0n) is 12.4. The zero-order valence-corrected chi connectivity index (χ0v) is 13.2. The molecule has 114 valence electrons. The van der Waals surface area contributed by atoms with Gasteiger partial charge in [-0.3, -0.25) is 9.59 Å². The summed E-state index contributed by atoms with van der Waals surface area (Å²) >= 11 is 1.14. The zero-order chi connectivity index (χ0) is 16.0. The van der Waals surface area contributed by atoms with Crippen LogP contribution in [-0.4, -0.2) is 37.2 Å². The molecular weight excluding hydrogens is 292 g/mol. The van der Waals surface area contributed by atoms with E-state index in [0.717, 1.165) is 23.8 Å². The van der Waals surface area contributed by atoms with Gasteiger partial charge in [0.1, 0.15) is 0 Å². The Morgan fingerprint density at radius 3 is 2.10 bits per heavy atom. The van der Waals surface area contributed by atoms with Gasteiger partial charge in [0.05, 0.1) is 24.9 Å². The number of carbonyl (C=O) groups is 3. The Morgan fingerprint density at radius 2 is 1.62 bits per heavy atom. The van der Waals surface area contributed by atoms with E-state index in [1.165, 1.54) is 7.11 Å². The van der Waals surface area contributed by atoms with E-state index in [1.807, 2.05) is 18.2 Å². The molecule has 21 heavy (non-hydrogen) atoms. The van der Waals surface area contributed by atoms with Crippen LogP contribution < -0.4 is 0 Å². The van der Waals surface area contributed by atoms with Crippen LogP contribution in [0.5, 0.6) is 0 Å². The number of benzene rings is 1. The summed E-state index contributed by atoms with van der Waals surface area (Å²) in [5.74, 6) is -2.30. The van der Waals surface area contributed by atoms with Crippen LogP contribution in [0.25, 0.3) is 0 Å². The number of carbonyl (C=O) groups excluding carboxylic acids is 3. The number of ether oxygens (including phenoxy) is 2. The quantitative estimate of drug-likeness (QED) is 0.455. The van der Waals surface area contributed by atoms with E-state index in [4.69, 9.17) is 4.74 Å². The minimum atomic E-state index is -1.17. The topological polar surface area (TPSA) is 69.7 Å². The molecule has 0 saturated carbocycles. The molecule has 1 rings (SSSR count). The van der Waals surface area contributed by atoms with Gasteiger partial charge < -0.3 is 9.47 Å². The molecule has 1 aromatic rings. The molecule has 0 aliphatic carbocycles. The fourth-order valence-electron chi connectivity index (χ4n) is 1.74. The van der Waals surface area contributed by atoms with E-state index in [2.05, 4.69) is 4.74 Å². The smallest absolute Gasteiger partial charge is 0.375 e. The molecule has 0 fully saturated rings. The van der Waals surface area contributed by atoms with Crippen LogP contribution in [0.4, 0.5) is 0 Å². The summed E-state index contributed by atoms with van der Waals surface area (Å²) in [6.45, 7) is 3.14. The summed E-state index contributed by atoms with van der Waals surface area (Å²) in [5.41, 5.74) is -1.17. The van der Waals surface area contributed by atoms with Crippen molar-refractivity contribution in [3.8, 4) is 0 Å². The van der Waals surface area contributed by atoms with E-state index in [1.54, 1.807) is 26.0 Å². The largest absolute Gasteiger partial charge is 0.469 e. The first-order valence-electron chi connectivity index (χ1n) is 6.26. The SMILES string of the molecule is COC(=O)C(=O)C(Sc1ccccc1)C(C)(C)C(=O)OC. The highest BCUT2D eigenvalue weighted by Gasteiger charge is 2.45. The maximum atomic E-state index is 12.2. The second kappa shape index (κ2) is 7.26. The fraction of sp³-hybridized carbons (Fsp3) is 0.400. The molecule has 1 unspecified atom stereocenters. The lowest BCUT2D eigenvalue weighted by Crippen LogP contribution is -2.44. The second-order valence-electron chi connectivity index (χ2n) is 4.88. The summed E-state index contributed by atoms with van der Waals surface area (Å²) in [6, 6.07) is 9.07. The summed E-state index contributed by atoms with van der Waals surface area (Å²) in [7, 11) is 2.38. The van der Waals surface area contributed by atoms with Crippen LogP contribution in [0.15, 0.2) is 35.2 Å². The highest BCUT2D eigenvalue weighted by atomic mass is 32.2. The van der Waals surface area contributed by atoms with Crippen molar-refractivity contribution in [1.82, 2.24) is 0 Å². The average molecular weight is 310 g/mol. The first kappa shape index (κ1) is 17.2. The summed E-state index contributed by atoms with van der Waals surface area (Å²) in [5, 5.41) is -0.931. The van der Waals surface area contributed by atoms with Gasteiger partial charge in [-0.2, -0.15) is 0 Å². The van der Waals surface area contributed by atoms with Gasteiger partial charge in [-0.15, -0.1) is 11.8 Å². The number of hydrogen-bond donors (Lipinski definition) is 0. The number of hydrogen-bond acceptors (Lipinski definition) is 6. The van der Waals surface area contributed by atoms with Crippen molar-refractivity contribution in [2.75, 3.05) is 14.2 Å². The number of esters is 2. The van der Waals surface area contributed by atoms with Gasteiger partial charge >= 0.3 is 11.9 Å². The second-order valence-corrected chi connectivity index (χ2v) is 6.06. The van der Waals surface area contributed by atoms with Crippen molar-refractivity contribution in [3.05, 3.63) is 30.3 Å². The monoisotopic (exact) mass is 310 g/mol. The van der Waals surface area contributed by atoms with Gasteiger partial charge in [-0.25, -0.2) is 4.79 Å². The lowest BCUT2D eigenvalue weighted by molar-refractivity contribution is -0.156. The molecule has 0 amide bonds. The molecular formula is C15H18O5S. The van der Waals surface area contributed by atoms with E-state index < -0.39 is 28.4 Å². The molecule has 1 aromatic carbocycles. The van der Waals surface area contributed by atoms with Crippen LogP contribution in [0, 0.1) is 5.41 Å². The first-order valence-corrected chi connectivity index (χ1v) is 7.14. The van der Waals surface area contributed by atoms with Crippen LogP contribution in [0.1, 0.15) is 13.8 Å². The van der Waals surface area contributed by atoms with E-state index in [-0.39, 0.29) is 0 Å². The molecule has 0 aromatic heterocycles. The Kier molecular flexibility index (Phi) is 5.96. The third-order valence-electron chi connectivity index (χ3n) is 2.99. The van der Waals surface area contributed by atoms with Crippen LogP contribution in [0.3, 0.4) is 0 Å². The standard InChI is InChI=1S/C15H18O5S/c1-15(2,14(18)20-4)12(11(16)13(17)19-3)21-10-8-6-5-7-9-10/h5-9,12H,1-4H3. The maximum absolute atomic E-state index is 12.2. The lowest BCUT2D eigenvalue weighted by atomic mass is 9.86. The van der Waals surface area contributed by atoms with E-state index in [0.29, 0.717) is 0 Å². The van der Waals surface area contributed by atoms with Crippen molar-refractivity contribution in [2.45, 2.75) is 24.0 Å². The Balaban J connectivity index is 3.14. The molecule has 5 nitrogen and oxygen atoms in total. The minimum absolute atomic E-state index is 0.562. The van der Waals surface area contributed by atoms with Gasteiger partial charge in [0, 0.05) is 4.90 Å². The van der Waals surface area contributed by atoms with Gasteiger partial charge in [0.15, 0.2) is 0 Å². The highest BCUT2D eigenvalue weighted by molar-refractivity contribution is 8.00. The molecule has 0 aliphatic rings. The van der Waals surface area contributed by atoms with Gasteiger partial charge in [0.25, 0.3) is 5.78 Å². The predicted molar refractivity (Wildman–Crippen MR) is 78.9 cm³/mol. The Hall–Kier alpha value is -1.82. The number of ketones is 1. The molecule has 0 spiro atoms. The summed E-state index contributed by atoms with van der Waals surface area (Å²) in [4.78, 5) is 36.5. The number of thioether (sulfide) groups is 1. The van der Waals surface area contributed by atoms with Crippen molar-refractivity contribution in [3.63, 3.8) is 0 Å². The van der Waals surface area contributed by atoms with Gasteiger partial charge in [0.2, 0.25) is 0 Å². The Morgan fingerprint density at radius 1 is 1.05 bits per heavy atom. The summed E-state index contributed by atoms with van der Waals surface area (Å²) in [6.07, 6.45) is 0. The Bertz CT molecular complexity index is 524. The molecule has 0 heterocycles. The Labute approximate surface area is 128 Å². The lowest BCUT2D eigenvalue weighted by Gasteiger charge is -2.29. The van der Waals surface area contributed by atoms with Crippen LogP contribution >= 0.6 is 11.8 Å². The molecule has 0 N–H and O–H groups in total. The number of methoxy groups -OCH3 is 2. The van der Waals surface area contributed by atoms with Crippen molar-refractivity contribution in [1.29, 1.82) is 0 Å². The van der Waals surface area contributed by atoms with Crippen molar-refractivity contribution >= 4 is 29.5 Å². The van der Waals surface area contributed by atoms with Crippen molar-refractivity contribution in [2.24, 2.45) is 5.41 Å². The maximum Gasteiger partial charge on any atom is 0.375 e. The van der Waals surface area contributed by atoms with E-state index in [9.17, 15) is 14.4 Å². The third-order valence-corrected chi connectivity index (χ3v) is 4.57. The fourth-order valence-corrected chi connectivity index (χ4v) is 2.92. The van der Waals surface area contributed by atoms with Crippen LogP contribution in [0.2, 0.25) is 0 Å². The van der Waals surface area contributed by atoms with E-state index >= 15 is 0 Å². The number of rotatable bonds is 6.